The zero-order chi connectivity index (χ0) is 13.6. The predicted molar refractivity (Wildman–Crippen MR) is 65.8 cm³/mol. The molecule has 0 radical (unpaired) electrons. The molecule has 0 heterocycles. The van der Waals surface area contributed by atoms with Crippen molar-refractivity contribution in [2.45, 2.75) is 26.7 Å². The maximum atomic E-state index is 11.0. The first-order chi connectivity index (χ1) is 8.70. The Balaban J connectivity index is -0.00000144. The van der Waals surface area contributed by atoms with Gasteiger partial charge < -0.3 is 44.9 Å². The Hall–Kier alpha value is -0.560. The molecule has 0 aromatic rings. The molecule has 0 rings (SSSR count). The van der Waals surface area contributed by atoms with Gasteiger partial charge in [0.1, 0.15) is 13.1 Å². The van der Waals surface area contributed by atoms with Crippen LogP contribution in [0.25, 0.3) is 0 Å². The maximum absolute atomic E-state index is 11.0. The second-order valence-corrected chi connectivity index (χ2v) is 3.84. The van der Waals surface area contributed by atoms with E-state index in [2.05, 4.69) is 10.6 Å². The Bertz CT molecular complexity index is 219. The number of hydrogen-bond donors (Lipinski definition) is 2. The molecule has 122 valence electrons. The fourth-order valence-electron chi connectivity index (χ4n) is 1.43. The molecule has 0 aromatic heterocycles. The van der Waals surface area contributed by atoms with E-state index >= 15 is 0 Å². The van der Waals surface area contributed by atoms with Crippen molar-refractivity contribution in [3.05, 3.63) is 0 Å². The largest absolute Gasteiger partial charge is 1.00 e. The lowest BCUT2D eigenvalue weighted by molar-refractivity contribution is -0.722. The zero-order valence-electron chi connectivity index (χ0n) is 12.2. The van der Waals surface area contributed by atoms with E-state index in [0.717, 1.165) is 26.2 Å². The standard InChI is InChI=1S/C12H24N2O4.2ClH/c1-3-17-11(15)5-7-13-9-10-14-8-6-12(16)18-4-2;;/h13-14H,3-10H2,1-2H3;2*1H. The quantitative estimate of drug-likeness (QED) is 0.291. The molecule has 0 aromatic carbocycles. The van der Waals surface area contributed by atoms with Gasteiger partial charge in [0.05, 0.1) is 39.1 Å². The number of halogens is 2. The van der Waals surface area contributed by atoms with Gasteiger partial charge >= 0.3 is 11.9 Å². The zero-order valence-corrected chi connectivity index (χ0v) is 13.7. The molecule has 0 aliphatic rings. The summed E-state index contributed by atoms with van der Waals surface area (Å²) in [5.41, 5.74) is 0. The summed E-state index contributed by atoms with van der Waals surface area (Å²) in [4.78, 5) is 22.0. The van der Waals surface area contributed by atoms with Crippen LogP contribution >= 0.6 is 0 Å². The lowest BCUT2D eigenvalue weighted by Gasteiger charge is -2.03. The molecule has 0 atom stereocenters. The summed E-state index contributed by atoms with van der Waals surface area (Å²) < 4.78 is 9.64. The summed E-state index contributed by atoms with van der Waals surface area (Å²) in [7, 11) is 0. The molecule has 0 aliphatic heterocycles. The fraction of sp³-hybridized carbons (Fsp3) is 0.833. The third-order valence-corrected chi connectivity index (χ3v) is 2.29. The second kappa shape index (κ2) is 18.4. The predicted octanol–water partition coefficient (Wildman–Crippen LogP) is -7.97. The Morgan fingerprint density at radius 3 is 1.40 bits per heavy atom. The van der Waals surface area contributed by atoms with Gasteiger partial charge in [0, 0.05) is 0 Å². The molecule has 0 saturated heterocycles. The van der Waals surface area contributed by atoms with Gasteiger partial charge in [-0.3, -0.25) is 9.59 Å². The number of nitrogens with two attached hydrogens (primary N) is 2. The van der Waals surface area contributed by atoms with Crippen molar-refractivity contribution in [1.29, 1.82) is 0 Å². The summed E-state index contributed by atoms with van der Waals surface area (Å²) in [6.07, 6.45) is 0.910. The lowest BCUT2D eigenvalue weighted by atomic mass is 10.4. The van der Waals surface area contributed by atoms with E-state index in [-0.39, 0.29) is 36.8 Å². The van der Waals surface area contributed by atoms with Gasteiger partial charge in [0.2, 0.25) is 0 Å². The average molecular weight is 333 g/mol. The highest BCUT2D eigenvalue weighted by Gasteiger charge is 2.04. The second-order valence-electron chi connectivity index (χ2n) is 3.84. The van der Waals surface area contributed by atoms with E-state index in [1.807, 2.05) is 0 Å². The highest BCUT2D eigenvalue weighted by atomic mass is 35.5. The molecule has 0 amide bonds. The smallest absolute Gasteiger partial charge is 0.311 e. The molecule has 0 spiro atoms. The molecule has 20 heavy (non-hydrogen) atoms. The van der Waals surface area contributed by atoms with E-state index in [9.17, 15) is 9.59 Å². The first-order valence-corrected chi connectivity index (χ1v) is 6.65. The maximum Gasteiger partial charge on any atom is 0.311 e. The van der Waals surface area contributed by atoms with E-state index in [0.29, 0.717) is 26.1 Å². The van der Waals surface area contributed by atoms with Crippen molar-refractivity contribution in [3.8, 4) is 0 Å². The first kappa shape index (κ1) is 24.5. The van der Waals surface area contributed by atoms with E-state index in [1.54, 1.807) is 13.8 Å². The van der Waals surface area contributed by atoms with Crippen LogP contribution in [0.2, 0.25) is 0 Å². The van der Waals surface area contributed by atoms with Crippen LogP contribution in [0.3, 0.4) is 0 Å². The molecule has 4 N–H and O–H groups in total. The number of rotatable bonds is 11. The Labute approximate surface area is 133 Å². The highest BCUT2D eigenvalue weighted by Crippen LogP contribution is 1.81. The van der Waals surface area contributed by atoms with Gasteiger partial charge in [-0.15, -0.1) is 0 Å². The Kier molecular flexibility index (Phi) is 22.5. The third kappa shape index (κ3) is 17.4. The molecule has 0 aliphatic carbocycles. The minimum Gasteiger partial charge on any atom is -1.00 e. The van der Waals surface area contributed by atoms with Crippen LogP contribution in [0.5, 0.6) is 0 Å². The molecule has 0 bridgehead atoms. The highest BCUT2D eigenvalue weighted by molar-refractivity contribution is 5.69. The molecule has 6 nitrogen and oxygen atoms in total. The van der Waals surface area contributed by atoms with Crippen LogP contribution in [-0.2, 0) is 19.1 Å². The van der Waals surface area contributed by atoms with Crippen LogP contribution in [-0.4, -0.2) is 51.3 Å². The lowest BCUT2D eigenvalue weighted by Crippen LogP contribution is -3.00. The average Bonchev–Trinajstić information content (AvgIpc) is 2.33. The summed E-state index contributed by atoms with van der Waals surface area (Å²) in [6.45, 7) is 7.88. The number of quaternary nitrogens is 2. The van der Waals surface area contributed by atoms with E-state index in [1.165, 1.54) is 0 Å². The summed E-state index contributed by atoms with van der Waals surface area (Å²) in [5, 5.41) is 4.16. The van der Waals surface area contributed by atoms with Crippen LogP contribution in [0.1, 0.15) is 26.7 Å². The SMILES string of the molecule is CCOC(=O)CC[NH2+]CC[NH2+]CCC(=O)OCC.[Cl-].[Cl-]. The topological polar surface area (TPSA) is 85.8 Å². The molecule has 8 heteroatoms. The number of carbonyl (C=O) groups is 2. The first-order valence-electron chi connectivity index (χ1n) is 6.65. The van der Waals surface area contributed by atoms with E-state index < -0.39 is 0 Å². The van der Waals surface area contributed by atoms with Crippen molar-refractivity contribution >= 4 is 11.9 Å². The molecule has 0 unspecified atom stereocenters. The van der Waals surface area contributed by atoms with Gasteiger partial charge in [0.25, 0.3) is 0 Å². The van der Waals surface area contributed by atoms with E-state index in [4.69, 9.17) is 9.47 Å². The Morgan fingerprint density at radius 1 is 0.750 bits per heavy atom. The summed E-state index contributed by atoms with van der Waals surface area (Å²) >= 11 is 0. The molecular formula is C12H26Cl2N2O4. The van der Waals surface area contributed by atoms with Gasteiger partial charge in [-0.05, 0) is 13.8 Å². The number of carbonyl (C=O) groups excluding carboxylic acids is 2. The minimum absolute atomic E-state index is 0. The number of ether oxygens (including phenoxy) is 2. The van der Waals surface area contributed by atoms with Crippen molar-refractivity contribution in [2.75, 3.05) is 39.4 Å². The van der Waals surface area contributed by atoms with Crippen molar-refractivity contribution < 1.29 is 54.5 Å². The molecule has 0 saturated carbocycles. The van der Waals surface area contributed by atoms with Crippen molar-refractivity contribution in [1.82, 2.24) is 0 Å². The molecule has 0 fully saturated rings. The van der Waals surface area contributed by atoms with Crippen LogP contribution in [0, 0.1) is 0 Å². The summed E-state index contributed by atoms with van der Waals surface area (Å²) in [6, 6.07) is 0. The fourth-order valence-corrected chi connectivity index (χ4v) is 1.43. The van der Waals surface area contributed by atoms with Gasteiger partial charge in [-0.25, -0.2) is 0 Å². The normalized spacial score (nSPS) is 9.10. The van der Waals surface area contributed by atoms with Crippen LogP contribution < -0.4 is 35.4 Å². The number of hydrogen-bond acceptors (Lipinski definition) is 4. The van der Waals surface area contributed by atoms with Crippen LogP contribution in [0.4, 0.5) is 0 Å². The van der Waals surface area contributed by atoms with Gasteiger partial charge in [-0.1, -0.05) is 0 Å². The monoisotopic (exact) mass is 332 g/mol. The van der Waals surface area contributed by atoms with Gasteiger partial charge in [-0.2, -0.15) is 0 Å². The Morgan fingerprint density at radius 2 is 1.10 bits per heavy atom. The van der Waals surface area contributed by atoms with Crippen LogP contribution in [0.15, 0.2) is 0 Å². The molecular weight excluding hydrogens is 307 g/mol. The minimum atomic E-state index is -0.139. The van der Waals surface area contributed by atoms with Crippen molar-refractivity contribution in [3.63, 3.8) is 0 Å². The third-order valence-electron chi connectivity index (χ3n) is 2.29. The van der Waals surface area contributed by atoms with Gasteiger partial charge in [0.15, 0.2) is 0 Å². The number of esters is 2. The van der Waals surface area contributed by atoms with Crippen molar-refractivity contribution in [2.24, 2.45) is 0 Å². The summed E-state index contributed by atoms with van der Waals surface area (Å²) in [5.74, 6) is -0.278.